The zero-order chi connectivity index (χ0) is 19.0. The highest BCUT2D eigenvalue weighted by atomic mass is 16.5. The number of ketones is 1. The monoisotopic (exact) mass is 354 g/mol. The highest BCUT2D eigenvalue weighted by Crippen LogP contribution is 2.33. The summed E-state index contributed by atoms with van der Waals surface area (Å²) in [6.45, 7) is 3.23. The number of benzene rings is 2. The molecule has 0 spiro atoms. The van der Waals surface area contributed by atoms with Crippen LogP contribution in [0.5, 0.6) is 11.5 Å². The van der Waals surface area contributed by atoms with E-state index < -0.39 is 0 Å². The van der Waals surface area contributed by atoms with Crippen molar-refractivity contribution in [1.82, 2.24) is 0 Å². The summed E-state index contributed by atoms with van der Waals surface area (Å²) in [5.74, 6) is 0.665. The Morgan fingerprint density at radius 1 is 1.19 bits per heavy atom. The first-order chi connectivity index (χ1) is 12.4. The normalized spacial score (nSPS) is 10.9. The molecule has 0 saturated carbocycles. The van der Waals surface area contributed by atoms with Crippen molar-refractivity contribution in [3.05, 3.63) is 45.1 Å². The predicted octanol–water partition coefficient (Wildman–Crippen LogP) is 3.22. The van der Waals surface area contributed by atoms with Crippen molar-refractivity contribution in [2.75, 3.05) is 14.2 Å². The summed E-state index contributed by atoms with van der Waals surface area (Å²) < 4.78 is 16.5. The zero-order valence-corrected chi connectivity index (χ0v) is 15.0. The molecule has 0 saturated heterocycles. The maximum absolute atomic E-state index is 13.1. The molecule has 0 radical (unpaired) electrons. The zero-order valence-electron chi connectivity index (χ0n) is 15.0. The fraction of sp³-hybridized carbons (Fsp3) is 0.250. The second-order valence-corrected chi connectivity index (χ2v) is 6.12. The lowest BCUT2D eigenvalue weighted by atomic mass is 10.0. The van der Waals surface area contributed by atoms with Gasteiger partial charge in [0, 0.05) is 6.42 Å². The molecule has 0 bridgehead atoms. The second kappa shape index (κ2) is 6.63. The summed E-state index contributed by atoms with van der Waals surface area (Å²) in [7, 11) is 2.90. The largest absolute Gasteiger partial charge is 0.496 e. The molecule has 0 unspecified atom stereocenters. The summed E-state index contributed by atoms with van der Waals surface area (Å²) >= 11 is 0. The molecule has 3 rings (SSSR count). The molecule has 0 aliphatic rings. The standard InChI is InChI=1S/C20H18O6/c1-10-5-13-18(23)17-15(24-3)7-12(6-11(2)22)8-16(17)26-20(13)14(9-21)19(10)25-4/h5,7-9H,6H2,1-4H3. The average molecular weight is 354 g/mol. The molecule has 6 nitrogen and oxygen atoms in total. The van der Waals surface area contributed by atoms with E-state index in [0.717, 1.165) is 0 Å². The quantitative estimate of drug-likeness (QED) is 0.517. The van der Waals surface area contributed by atoms with Crippen LogP contribution in [-0.2, 0) is 11.2 Å². The molecule has 6 heteroatoms. The maximum atomic E-state index is 13.1. The first-order valence-electron chi connectivity index (χ1n) is 8.00. The number of aldehydes is 1. The molecule has 26 heavy (non-hydrogen) atoms. The molecular weight excluding hydrogens is 336 g/mol. The second-order valence-electron chi connectivity index (χ2n) is 6.12. The third-order valence-corrected chi connectivity index (χ3v) is 4.26. The summed E-state index contributed by atoms with van der Waals surface area (Å²) in [5, 5.41) is 0.546. The van der Waals surface area contributed by atoms with Crippen molar-refractivity contribution in [2.24, 2.45) is 0 Å². The van der Waals surface area contributed by atoms with Crippen molar-refractivity contribution in [3.63, 3.8) is 0 Å². The van der Waals surface area contributed by atoms with Gasteiger partial charge >= 0.3 is 0 Å². The van der Waals surface area contributed by atoms with Gasteiger partial charge in [-0.3, -0.25) is 14.4 Å². The fourth-order valence-electron chi connectivity index (χ4n) is 3.21. The Morgan fingerprint density at radius 2 is 1.92 bits per heavy atom. The number of hydrogen-bond acceptors (Lipinski definition) is 6. The Bertz CT molecular complexity index is 1110. The van der Waals surface area contributed by atoms with E-state index in [2.05, 4.69) is 0 Å². The SMILES string of the molecule is COc1c(C)cc2c(=O)c3c(OC)cc(CC(C)=O)cc3oc2c1C=O. The van der Waals surface area contributed by atoms with Gasteiger partial charge in [-0.25, -0.2) is 0 Å². The van der Waals surface area contributed by atoms with Crippen LogP contribution >= 0.6 is 0 Å². The van der Waals surface area contributed by atoms with E-state index >= 15 is 0 Å². The molecule has 0 aliphatic heterocycles. The molecule has 1 aromatic heterocycles. The molecule has 3 aromatic rings. The minimum absolute atomic E-state index is 0.0274. The van der Waals surface area contributed by atoms with Gasteiger partial charge in [0.15, 0.2) is 11.9 Å². The summed E-state index contributed by atoms with van der Waals surface area (Å²) in [6.07, 6.45) is 0.797. The van der Waals surface area contributed by atoms with Gasteiger partial charge in [0.25, 0.3) is 0 Å². The van der Waals surface area contributed by atoms with Gasteiger partial charge in [-0.15, -0.1) is 0 Å². The molecule has 0 N–H and O–H groups in total. The van der Waals surface area contributed by atoms with E-state index in [-0.39, 0.29) is 45.1 Å². The van der Waals surface area contributed by atoms with Crippen LogP contribution in [-0.4, -0.2) is 26.3 Å². The first-order valence-corrected chi connectivity index (χ1v) is 8.00. The van der Waals surface area contributed by atoms with Crippen molar-refractivity contribution >= 4 is 34.0 Å². The van der Waals surface area contributed by atoms with Crippen LogP contribution in [0.25, 0.3) is 21.9 Å². The van der Waals surface area contributed by atoms with Gasteiger partial charge in [-0.05, 0) is 43.2 Å². The van der Waals surface area contributed by atoms with Gasteiger partial charge in [0.2, 0.25) is 5.43 Å². The minimum Gasteiger partial charge on any atom is -0.496 e. The Hall–Kier alpha value is -3.15. The van der Waals surface area contributed by atoms with Crippen LogP contribution in [0.15, 0.2) is 27.4 Å². The van der Waals surface area contributed by atoms with Gasteiger partial charge < -0.3 is 13.9 Å². The van der Waals surface area contributed by atoms with E-state index in [9.17, 15) is 14.4 Å². The van der Waals surface area contributed by atoms with Crippen molar-refractivity contribution in [1.29, 1.82) is 0 Å². The molecule has 2 aromatic carbocycles. The van der Waals surface area contributed by atoms with Crippen LogP contribution in [0.4, 0.5) is 0 Å². The Balaban J connectivity index is 2.50. The topological polar surface area (TPSA) is 82.8 Å². The molecule has 1 heterocycles. The fourth-order valence-corrected chi connectivity index (χ4v) is 3.21. The lowest BCUT2D eigenvalue weighted by molar-refractivity contribution is -0.116. The average Bonchev–Trinajstić information content (AvgIpc) is 2.60. The van der Waals surface area contributed by atoms with Crippen molar-refractivity contribution in [2.45, 2.75) is 20.3 Å². The molecule has 134 valence electrons. The number of carbonyl (C=O) groups excluding carboxylic acids is 2. The third kappa shape index (κ3) is 2.73. The van der Waals surface area contributed by atoms with Crippen molar-refractivity contribution < 1.29 is 23.5 Å². The van der Waals surface area contributed by atoms with Gasteiger partial charge in [0.05, 0.1) is 25.2 Å². The van der Waals surface area contributed by atoms with E-state index in [4.69, 9.17) is 13.9 Å². The number of rotatable bonds is 5. The van der Waals surface area contributed by atoms with Crippen LogP contribution in [0.3, 0.4) is 0 Å². The lowest BCUT2D eigenvalue weighted by Crippen LogP contribution is -2.08. The first kappa shape index (κ1) is 17.7. The van der Waals surface area contributed by atoms with Crippen LogP contribution in [0.2, 0.25) is 0 Å². The van der Waals surface area contributed by atoms with E-state index in [1.165, 1.54) is 21.1 Å². The number of ether oxygens (including phenoxy) is 2. The number of fused-ring (bicyclic) bond motifs is 2. The maximum Gasteiger partial charge on any atom is 0.204 e. The number of Topliss-reactive ketones (excluding diaryl/α,β-unsaturated/α-hetero) is 1. The predicted molar refractivity (Wildman–Crippen MR) is 97.6 cm³/mol. The summed E-state index contributed by atoms with van der Waals surface area (Å²) in [5.41, 5.74) is 1.60. The Labute approximate surface area is 149 Å². The lowest BCUT2D eigenvalue weighted by Gasteiger charge is -2.12. The van der Waals surface area contributed by atoms with E-state index in [1.54, 1.807) is 25.1 Å². The number of carbonyl (C=O) groups is 2. The Kier molecular flexibility index (Phi) is 4.50. The highest BCUT2D eigenvalue weighted by Gasteiger charge is 2.20. The van der Waals surface area contributed by atoms with Crippen molar-refractivity contribution in [3.8, 4) is 11.5 Å². The van der Waals surface area contributed by atoms with Crippen LogP contribution < -0.4 is 14.9 Å². The molecule has 0 aliphatic carbocycles. The molecule has 0 atom stereocenters. The molecule has 0 fully saturated rings. The minimum atomic E-state index is -0.304. The van der Waals surface area contributed by atoms with E-state index in [0.29, 0.717) is 28.9 Å². The van der Waals surface area contributed by atoms with Gasteiger partial charge in [-0.1, -0.05) is 0 Å². The number of aryl methyl sites for hydroxylation is 1. The van der Waals surface area contributed by atoms with Crippen LogP contribution in [0, 0.1) is 6.92 Å². The molecular formula is C20H18O6. The van der Waals surface area contributed by atoms with Gasteiger partial charge in [-0.2, -0.15) is 0 Å². The molecule has 0 amide bonds. The third-order valence-electron chi connectivity index (χ3n) is 4.26. The smallest absolute Gasteiger partial charge is 0.204 e. The Morgan fingerprint density at radius 3 is 2.50 bits per heavy atom. The number of hydrogen-bond donors (Lipinski definition) is 0. The summed E-state index contributed by atoms with van der Waals surface area (Å²) in [4.78, 5) is 36.1. The van der Waals surface area contributed by atoms with E-state index in [1.807, 2.05) is 0 Å². The number of methoxy groups -OCH3 is 2. The van der Waals surface area contributed by atoms with Crippen LogP contribution in [0.1, 0.15) is 28.4 Å². The summed E-state index contributed by atoms with van der Waals surface area (Å²) in [6, 6.07) is 4.92. The van der Waals surface area contributed by atoms with Gasteiger partial charge in [0.1, 0.15) is 28.3 Å². The highest BCUT2D eigenvalue weighted by molar-refractivity contribution is 6.02.